The number of thiazole rings is 1. The van der Waals surface area contributed by atoms with Crippen molar-refractivity contribution in [1.82, 2.24) is 4.98 Å². The number of aliphatic hydroxyl groups is 1. The van der Waals surface area contributed by atoms with Gasteiger partial charge in [0.2, 0.25) is 0 Å². The van der Waals surface area contributed by atoms with Crippen LogP contribution >= 0.6 is 11.3 Å². The molecule has 0 fully saturated rings. The maximum absolute atomic E-state index is 12.3. The highest BCUT2D eigenvalue weighted by atomic mass is 32.1. The summed E-state index contributed by atoms with van der Waals surface area (Å²) in [6.45, 7) is 0.120. The fourth-order valence-electron chi connectivity index (χ4n) is 2.35. The summed E-state index contributed by atoms with van der Waals surface area (Å²) in [6, 6.07) is 17.5. The minimum Gasteiger partial charge on any atom is -0.396 e. The smallest absolute Gasteiger partial charge is 0.275 e. The van der Waals surface area contributed by atoms with Crippen LogP contribution in [0.3, 0.4) is 0 Å². The highest BCUT2D eigenvalue weighted by Crippen LogP contribution is 2.17. The number of rotatable bonds is 6. The molecule has 0 atom stereocenters. The van der Waals surface area contributed by atoms with Gasteiger partial charge in [0.1, 0.15) is 5.69 Å². The number of hydrogen-bond donors (Lipinski definition) is 2. The summed E-state index contributed by atoms with van der Waals surface area (Å²) in [5.41, 5.74) is 3.37. The second kappa shape index (κ2) is 7.86. The highest BCUT2D eigenvalue weighted by molar-refractivity contribution is 7.09. The number of benzene rings is 2. The molecule has 1 heterocycles. The lowest BCUT2D eigenvalue weighted by molar-refractivity contribution is 0.102. The molecule has 0 radical (unpaired) electrons. The predicted molar refractivity (Wildman–Crippen MR) is 96.5 cm³/mol. The number of aliphatic hydroxyl groups excluding tert-OH is 1. The third kappa shape index (κ3) is 4.28. The summed E-state index contributed by atoms with van der Waals surface area (Å²) in [4.78, 5) is 16.7. The molecule has 1 aromatic heterocycles. The topological polar surface area (TPSA) is 62.2 Å². The molecule has 0 spiro atoms. The van der Waals surface area contributed by atoms with Gasteiger partial charge in [-0.2, -0.15) is 0 Å². The number of amides is 1. The number of aromatic nitrogens is 1. The number of carbonyl (C=O) groups is 1. The summed E-state index contributed by atoms with van der Waals surface area (Å²) in [5, 5.41) is 14.5. The first-order valence-corrected chi connectivity index (χ1v) is 8.62. The zero-order valence-corrected chi connectivity index (χ0v) is 13.9. The van der Waals surface area contributed by atoms with Crippen molar-refractivity contribution in [2.24, 2.45) is 0 Å². The maximum Gasteiger partial charge on any atom is 0.275 e. The molecule has 0 aliphatic carbocycles. The molecule has 2 aromatic carbocycles. The summed E-state index contributed by atoms with van der Waals surface area (Å²) in [6.07, 6.45) is 1.35. The van der Waals surface area contributed by atoms with Crippen LogP contribution in [0.1, 0.15) is 26.6 Å². The average Bonchev–Trinajstić information content (AvgIpc) is 3.06. The summed E-state index contributed by atoms with van der Waals surface area (Å²) < 4.78 is 0. The summed E-state index contributed by atoms with van der Waals surface area (Å²) in [5.74, 6) is -0.208. The first-order valence-electron chi connectivity index (χ1n) is 7.74. The normalized spacial score (nSPS) is 10.5. The Kier molecular flexibility index (Phi) is 5.36. The molecule has 0 bridgehead atoms. The molecule has 2 N–H and O–H groups in total. The summed E-state index contributed by atoms with van der Waals surface area (Å²) in [7, 11) is 0. The van der Waals surface area contributed by atoms with Crippen LogP contribution in [-0.2, 0) is 12.8 Å². The van der Waals surface area contributed by atoms with E-state index in [1.54, 1.807) is 5.38 Å². The van der Waals surface area contributed by atoms with Crippen LogP contribution in [-0.4, -0.2) is 22.6 Å². The number of nitrogens with zero attached hydrogens (tertiary/aromatic N) is 1. The van der Waals surface area contributed by atoms with Gasteiger partial charge in [0.15, 0.2) is 0 Å². The highest BCUT2D eigenvalue weighted by Gasteiger charge is 2.11. The second-order valence-corrected chi connectivity index (χ2v) is 6.36. The van der Waals surface area contributed by atoms with Crippen molar-refractivity contribution in [2.45, 2.75) is 12.8 Å². The number of hydrogen-bond acceptors (Lipinski definition) is 4. The van der Waals surface area contributed by atoms with Crippen LogP contribution in [0, 0.1) is 0 Å². The molecule has 4 nitrogen and oxygen atoms in total. The minimum atomic E-state index is -0.208. The Bertz CT molecular complexity index is 798. The van der Waals surface area contributed by atoms with Crippen molar-refractivity contribution in [3.05, 3.63) is 81.8 Å². The Balaban J connectivity index is 1.63. The van der Waals surface area contributed by atoms with E-state index in [0.717, 1.165) is 22.7 Å². The van der Waals surface area contributed by atoms with Crippen LogP contribution in [0.15, 0.2) is 60.0 Å². The molecule has 0 unspecified atom stereocenters. The average molecular weight is 338 g/mol. The first-order chi connectivity index (χ1) is 11.7. The third-order valence-electron chi connectivity index (χ3n) is 3.59. The Labute approximate surface area is 144 Å². The minimum absolute atomic E-state index is 0.120. The van der Waals surface area contributed by atoms with Crippen molar-refractivity contribution < 1.29 is 9.90 Å². The van der Waals surface area contributed by atoms with Crippen LogP contribution in [0.25, 0.3) is 0 Å². The van der Waals surface area contributed by atoms with Crippen LogP contribution in [0.4, 0.5) is 5.69 Å². The molecule has 0 saturated carbocycles. The van der Waals surface area contributed by atoms with Gasteiger partial charge < -0.3 is 10.4 Å². The van der Waals surface area contributed by atoms with Crippen LogP contribution in [0.2, 0.25) is 0 Å². The fraction of sp³-hybridized carbons (Fsp3) is 0.158. The van der Waals surface area contributed by atoms with Gasteiger partial charge in [-0.3, -0.25) is 4.79 Å². The van der Waals surface area contributed by atoms with E-state index in [2.05, 4.69) is 22.4 Å². The van der Waals surface area contributed by atoms with Crippen molar-refractivity contribution >= 4 is 22.9 Å². The van der Waals surface area contributed by atoms with E-state index in [0.29, 0.717) is 12.1 Å². The van der Waals surface area contributed by atoms with Gasteiger partial charge in [0.05, 0.1) is 5.01 Å². The van der Waals surface area contributed by atoms with Crippen molar-refractivity contribution in [3.8, 4) is 0 Å². The number of nitrogens with one attached hydrogen (secondary N) is 1. The lowest BCUT2D eigenvalue weighted by atomic mass is 10.1. The van der Waals surface area contributed by atoms with E-state index in [1.807, 2.05) is 42.5 Å². The Morgan fingerprint density at radius 1 is 1.04 bits per heavy atom. The van der Waals surface area contributed by atoms with Gasteiger partial charge in [0.25, 0.3) is 5.91 Å². The number of anilines is 1. The van der Waals surface area contributed by atoms with E-state index in [4.69, 9.17) is 5.11 Å². The molecule has 0 saturated heterocycles. The van der Waals surface area contributed by atoms with Crippen molar-refractivity contribution in [2.75, 3.05) is 11.9 Å². The lowest BCUT2D eigenvalue weighted by Crippen LogP contribution is -2.12. The quantitative estimate of drug-likeness (QED) is 0.723. The molecule has 0 aliphatic rings. The molecule has 5 heteroatoms. The molecule has 24 heavy (non-hydrogen) atoms. The van der Waals surface area contributed by atoms with Gasteiger partial charge in [-0.25, -0.2) is 4.98 Å². The van der Waals surface area contributed by atoms with Crippen molar-refractivity contribution in [3.63, 3.8) is 0 Å². The van der Waals surface area contributed by atoms with E-state index in [1.165, 1.54) is 16.9 Å². The molecular formula is C19H18N2O2S. The molecular weight excluding hydrogens is 320 g/mol. The monoisotopic (exact) mass is 338 g/mol. The Morgan fingerprint density at radius 3 is 2.50 bits per heavy atom. The van der Waals surface area contributed by atoms with Crippen molar-refractivity contribution in [1.29, 1.82) is 0 Å². The second-order valence-electron chi connectivity index (χ2n) is 5.41. The fourth-order valence-corrected chi connectivity index (χ4v) is 3.15. The zero-order valence-electron chi connectivity index (χ0n) is 13.1. The molecule has 0 aliphatic heterocycles. The zero-order chi connectivity index (χ0) is 16.8. The van der Waals surface area contributed by atoms with E-state index in [-0.39, 0.29) is 12.5 Å². The molecule has 3 rings (SSSR count). The van der Waals surface area contributed by atoms with Crippen LogP contribution in [0.5, 0.6) is 0 Å². The first kappa shape index (κ1) is 16.4. The van der Waals surface area contributed by atoms with Gasteiger partial charge in [-0.15, -0.1) is 11.3 Å². The number of carbonyl (C=O) groups excluding carboxylic acids is 1. The van der Waals surface area contributed by atoms with Gasteiger partial charge in [-0.1, -0.05) is 42.5 Å². The van der Waals surface area contributed by atoms with E-state index >= 15 is 0 Å². The van der Waals surface area contributed by atoms with Gasteiger partial charge in [0, 0.05) is 24.1 Å². The maximum atomic E-state index is 12.3. The summed E-state index contributed by atoms with van der Waals surface area (Å²) >= 11 is 1.49. The predicted octanol–water partition coefficient (Wildman–Crippen LogP) is 3.52. The molecule has 122 valence electrons. The largest absolute Gasteiger partial charge is 0.396 e. The van der Waals surface area contributed by atoms with E-state index in [9.17, 15) is 4.79 Å². The SMILES string of the molecule is O=C(Nc1ccc(CCO)cc1)c1csc(Cc2ccccc2)n1. The third-order valence-corrected chi connectivity index (χ3v) is 4.44. The van der Waals surface area contributed by atoms with Gasteiger partial charge >= 0.3 is 0 Å². The van der Waals surface area contributed by atoms with Crippen LogP contribution < -0.4 is 5.32 Å². The Hall–Kier alpha value is -2.50. The van der Waals surface area contributed by atoms with Gasteiger partial charge in [-0.05, 0) is 29.7 Å². The lowest BCUT2D eigenvalue weighted by Gasteiger charge is -2.04. The standard InChI is InChI=1S/C19H18N2O2S/c22-11-10-14-6-8-16(9-7-14)20-19(23)17-13-24-18(21-17)12-15-4-2-1-3-5-15/h1-9,13,22H,10-12H2,(H,20,23). The molecule has 1 amide bonds. The Morgan fingerprint density at radius 2 is 1.79 bits per heavy atom. The molecule has 3 aromatic rings. The van der Waals surface area contributed by atoms with E-state index < -0.39 is 0 Å².